The van der Waals surface area contributed by atoms with Crippen molar-refractivity contribution in [3.63, 3.8) is 0 Å². The van der Waals surface area contributed by atoms with Gasteiger partial charge in [0.15, 0.2) is 5.82 Å². The van der Waals surface area contributed by atoms with Crippen LogP contribution in [-0.2, 0) is 23.0 Å². The van der Waals surface area contributed by atoms with E-state index in [0.29, 0.717) is 19.0 Å². The topological polar surface area (TPSA) is 76.9 Å². The largest absolute Gasteiger partial charge is 0.311 e. The highest BCUT2D eigenvalue weighted by atomic mass is 35.5. The van der Waals surface area contributed by atoms with Crippen molar-refractivity contribution < 1.29 is 17.2 Å². The molecule has 1 aromatic heterocycles. The number of nitrogens with zero attached hydrogens (tertiary/aromatic N) is 3. The Bertz CT molecular complexity index is 1230. The van der Waals surface area contributed by atoms with E-state index in [0.717, 1.165) is 37.2 Å². The standard InChI is InChI=1S/C19H16Cl2F2N4O2S/c20-11-5-6-13(21)17(8-11)30(28,29)26-16-9-12(14(22)10-15(16)23)19-25-24-18-4-2-1-3-7-27(18)19/h5-6,8-10,26H,1-4,7H2. The van der Waals surface area contributed by atoms with Gasteiger partial charge in [-0.3, -0.25) is 4.72 Å². The molecule has 11 heteroatoms. The van der Waals surface area contributed by atoms with Crippen LogP contribution in [0.2, 0.25) is 10.0 Å². The van der Waals surface area contributed by atoms with Gasteiger partial charge in [0.05, 0.1) is 16.3 Å². The average molecular weight is 473 g/mol. The number of rotatable bonds is 4. The molecule has 2 aromatic carbocycles. The molecule has 0 unspecified atom stereocenters. The van der Waals surface area contributed by atoms with Gasteiger partial charge in [0.2, 0.25) is 0 Å². The number of halogens is 4. The molecule has 6 nitrogen and oxygen atoms in total. The lowest BCUT2D eigenvalue weighted by Crippen LogP contribution is -2.15. The van der Waals surface area contributed by atoms with E-state index in [-0.39, 0.29) is 26.3 Å². The molecule has 2 heterocycles. The molecule has 1 N–H and O–H groups in total. The Morgan fingerprint density at radius 2 is 1.80 bits per heavy atom. The van der Waals surface area contributed by atoms with E-state index in [1.165, 1.54) is 12.1 Å². The van der Waals surface area contributed by atoms with E-state index in [1.807, 2.05) is 0 Å². The van der Waals surface area contributed by atoms with E-state index < -0.39 is 27.3 Å². The van der Waals surface area contributed by atoms with Crippen LogP contribution in [-0.4, -0.2) is 23.2 Å². The molecule has 0 saturated carbocycles. The Morgan fingerprint density at radius 3 is 2.60 bits per heavy atom. The van der Waals surface area contributed by atoms with Crippen molar-refractivity contribution in [3.05, 3.63) is 57.8 Å². The van der Waals surface area contributed by atoms with Crippen molar-refractivity contribution in [1.29, 1.82) is 0 Å². The highest BCUT2D eigenvalue weighted by molar-refractivity contribution is 7.92. The normalized spacial score (nSPS) is 14.3. The van der Waals surface area contributed by atoms with Crippen molar-refractivity contribution in [2.45, 2.75) is 37.1 Å². The summed E-state index contributed by atoms with van der Waals surface area (Å²) in [6.45, 7) is 0.605. The maximum atomic E-state index is 14.6. The monoisotopic (exact) mass is 472 g/mol. The van der Waals surface area contributed by atoms with Gasteiger partial charge in [0.25, 0.3) is 10.0 Å². The van der Waals surface area contributed by atoms with Crippen LogP contribution in [0.4, 0.5) is 14.5 Å². The van der Waals surface area contributed by atoms with Gasteiger partial charge in [-0.05, 0) is 37.1 Å². The second kappa shape index (κ2) is 8.13. The minimum Gasteiger partial charge on any atom is -0.311 e. The number of anilines is 1. The van der Waals surface area contributed by atoms with E-state index in [9.17, 15) is 17.2 Å². The molecule has 1 aliphatic heterocycles. The smallest absolute Gasteiger partial charge is 0.263 e. The van der Waals surface area contributed by atoms with Crippen molar-refractivity contribution in [2.24, 2.45) is 0 Å². The Hall–Kier alpha value is -2.23. The Balaban J connectivity index is 1.76. The third-order valence-corrected chi connectivity index (χ3v) is 6.92. The Kier molecular flexibility index (Phi) is 5.69. The SMILES string of the molecule is O=S(=O)(Nc1cc(-c2nnc3n2CCCCC3)c(F)cc1F)c1cc(Cl)ccc1Cl. The fourth-order valence-electron chi connectivity index (χ4n) is 3.37. The summed E-state index contributed by atoms with van der Waals surface area (Å²) in [5, 5.41) is 8.23. The van der Waals surface area contributed by atoms with Gasteiger partial charge < -0.3 is 4.57 Å². The summed E-state index contributed by atoms with van der Waals surface area (Å²) in [6.07, 6.45) is 3.56. The molecule has 0 spiro atoms. The Labute approximate surface area is 181 Å². The quantitative estimate of drug-likeness (QED) is 0.575. The van der Waals surface area contributed by atoms with Crippen LogP contribution >= 0.6 is 23.2 Å². The fraction of sp³-hybridized carbons (Fsp3) is 0.263. The minimum absolute atomic E-state index is 0.0491. The third-order valence-electron chi connectivity index (χ3n) is 4.83. The maximum absolute atomic E-state index is 14.6. The number of hydrogen-bond acceptors (Lipinski definition) is 4. The molecule has 0 amide bonds. The molecule has 1 aliphatic rings. The second-order valence-electron chi connectivity index (χ2n) is 6.89. The molecule has 30 heavy (non-hydrogen) atoms. The molecule has 3 aromatic rings. The van der Waals surface area contributed by atoms with Gasteiger partial charge >= 0.3 is 0 Å². The zero-order chi connectivity index (χ0) is 21.5. The van der Waals surface area contributed by atoms with Crippen LogP contribution in [0.3, 0.4) is 0 Å². The minimum atomic E-state index is -4.28. The summed E-state index contributed by atoms with van der Waals surface area (Å²) in [5.74, 6) is -0.992. The maximum Gasteiger partial charge on any atom is 0.263 e. The molecule has 158 valence electrons. The Morgan fingerprint density at radius 1 is 1.00 bits per heavy atom. The van der Waals surface area contributed by atoms with Crippen LogP contribution in [0.1, 0.15) is 25.1 Å². The number of hydrogen-bond donors (Lipinski definition) is 1. The van der Waals surface area contributed by atoms with Crippen LogP contribution < -0.4 is 4.72 Å². The van der Waals surface area contributed by atoms with Crippen LogP contribution in [0.15, 0.2) is 35.2 Å². The number of sulfonamides is 1. The number of nitrogens with one attached hydrogen (secondary N) is 1. The summed E-state index contributed by atoms with van der Waals surface area (Å²) in [7, 11) is -4.28. The highest BCUT2D eigenvalue weighted by Gasteiger charge is 2.24. The van der Waals surface area contributed by atoms with E-state index in [4.69, 9.17) is 23.2 Å². The number of benzene rings is 2. The van der Waals surface area contributed by atoms with Crippen molar-refractivity contribution in [1.82, 2.24) is 14.8 Å². The molecular formula is C19H16Cl2F2N4O2S. The van der Waals surface area contributed by atoms with Crippen molar-refractivity contribution in [3.8, 4) is 11.4 Å². The molecule has 0 bridgehead atoms. The molecular weight excluding hydrogens is 457 g/mol. The van der Waals surface area contributed by atoms with Gasteiger partial charge in [-0.25, -0.2) is 17.2 Å². The van der Waals surface area contributed by atoms with Crippen LogP contribution in [0.5, 0.6) is 0 Å². The van der Waals surface area contributed by atoms with Crippen molar-refractivity contribution >= 4 is 38.9 Å². The molecule has 0 fully saturated rings. The first-order valence-electron chi connectivity index (χ1n) is 9.15. The lowest BCUT2D eigenvalue weighted by Gasteiger charge is -2.13. The first-order chi connectivity index (χ1) is 14.3. The number of aryl methyl sites for hydroxylation is 1. The average Bonchev–Trinajstić information content (AvgIpc) is 2.93. The predicted molar refractivity (Wildman–Crippen MR) is 110 cm³/mol. The molecule has 4 rings (SSSR count). The third kappa shape index (κ3) is 4.01. The number of fused-ring (bicyclic) bond motifs is 1. The van der Waals surface area contributed by atoms with Gasteiger partial charge in [-0.2, -0.15) is 0 Å². The van der Waals surface area contributed by atoms with Crippen LogP contribution in [0.25, 0.3) is 11.4 Å². The summed E-state index contributed by atoms with van der Waals surface area (Å²) in [6, 6.07) is 5.58. The van der Waals surface area contributed by atoms with Gasteiger partial charge in [-0.15, -0.1) is 10.2 Å². The number of aromatic nitrogens is 3. The van der Waals surface area contributed by atoms with Crippen molar-refractivity contribution in [2.75, 3.05) is 4.72 Å². The lowest BCUT2D eigenvalue weighted by molar-refractivity contribution is 0.581. The predicted octanol–water partition coefficient (Wildman–Crippen LogP) is 5.06. The molecule has 0 saturated heterocycles. The lowest BCUT2D eigenvalue weighted by atomic mass is 10.1. The fourth-order valence-corrected chi connectivity index (χ4v) is 5.19. The summed E-state index contributed by atoms with van der Waals surface area (Å²) < 4.78 is 58.4. The van der Waals surface area contributed by atoms with Gasteiger partial charge in [-0.1, -0.05) is 29.6 Å². The summed E-state index contributed by atoms with van der Waals surface area (Å²) in [4.78, 5) is -0.321. The van der Waals surface area contributed by atoms with Gasteiger partial charge in [0, 0.05) is 24.1 Å². The summed E-state index contributed by atoms with van der Waals surface area (Å²) in [5.41, 5.74) is -0.486. The second-order valence-corrected chi connectivity index (χ2v) is 9.39. The zero-order valence-corrected chi connectivity index (χ0v) is 17.8. The first-order valence-corrected chi connectivity index (χ1v) is 11.4. The van der Waals surface area contributed by atoms with Crippen LogP contribution in [0, 0.1) is 11.6 Å². The van der Waals surface area contributed by atoms with Gasteiger partial charge in [0.1, 0.15) is 22.4 Å². The molecule has 0 atom stereocenters. The zero-order valence-electron chi connectivity index (χ0n) is 15.5. The molecule has 0 radical (unpaired) electrons. The van der Waals surface area contributed by atoms with E-state index in [2.05, 4.69) is 14.9 Å². The molecule has 0 aliphatic carbocycles. The first kappa shape index (κ1) is 21.0. The highest BCUT2D eigenvalue weighted by Crippen LogP contribution is 2.32. The van der Waals surface area contributed by atoms with E-state index >= 15 is 0 Å². The van der Waals surface area contributed by atoms with E-state index in [1.54, 1.807) is 4.57 Å². The summed E-state index contributed by atoms with van der Waals surface area (Å²) >= 11 is 11.8.